The maximum Gasteiger partial charge on any atom is 0.255 e. The van der Waals surface area contributed by atoms with Crippen LogP contribution < -0.4 is 0 Å². The average molecular weight is 442 g/mol. The van der Waals surface area contributed by atoms with Gasteiger partial charge in [0.05, 0.1) is 11.4 Å². The van der Waals surface area contributed by atoms with Crippen LogP contribution in [0.5, 0.6) is 0 Å². The molecule has 0 unspecified atom stereocenters. The van der Waals surface area contributed by atoms with Crippen LogP contribution in [0.3, 0.4) is 0 Å². The van der Waals surface area contributed by atoms with Crippen molar-refractivity contribution in [3.63, 3.8) is 0 Å². The Morgan fingerprint density at radius 3 is 2.73 bits per heavy atom. The molecular weight excluding hydrogens is 410 g/mol. The fourth-order valence-electron chi connectivity index (χ4n) is 4.71. The summed E-state index contributed by atoms with van der Waals surface area (Å²) < 4.78 is 2.07. The molecule has 2 aromatic heterocycles. The molecule has 1 fully saturated rings. The van der Waals surface area contributed by atoms with E-state index in [1.54, 1.807) is 11.0 Å². The van der Waals surface area contributed by atoms with Crippen molar-refractivity contribution >= 4 is 17.1 Å². The number of imidazole rings is 1. The number of aryl methyl sites for hydroxylation is 2. The molecule has 3 aliphatic heterocycles. The third kappa shape index (κ3) is 4.31. The molecule has 1 saturated heterocycles. The Hall–Kier alpha value is -3.38. The summed E-state index contributed by atoms with van der Waals surface area (Å²) in [5.74, 6) is -0.0330. The lowest BCUT2D eigenvalue weighted by molar-refractivity contribution is -0.122. The van der Waals surface area contributed by atoms with Gasteiger partial charge in [-0.15, -0.1) is 0 Å². The van der Waals surface area contributed by atoms with Gasteiger partial charge in [-0.2, -0.15) is 0 Å². The molecule has 0 spiro atoms. The van der Waals surface area contributed by atoms with Crippen molar-refractivity contribution in [2.45, 2.75) is 26.7 Å². The molecule has 1 amide bonds. The van der Waals surface area contributed by atoms with Crippen LogP contribution in [-0.2, 0) is 11.2 Å². The van der Waals surface area contributed by atoms with E-state index >= 15 is 0 Å². The second-order valence-corrected chi connectivity index (χ2v) is 9.01. The third-order valence-electron chi connectivity index (χ3n) is 6.57. The van der Waals surface area contributed by atoms with Gasteiger partial charge in [0.2, 0.25) is 0 Å². The molecule has 170 valence electrons. The molecule has 33 heavy (non-hydrogen) atoms. The monoisotopic (exact) mass is 441 g/mol. The van der Waals surface area contributed by atoms with Crippen molar-refractivity contribution in [3.05, 3.63) is 89.3 Å². The Kier molecular flexibility index (Phi) is 5.77. The van der Waals surface area contributed by atoms with E-state index in [2.05, 4.69) is 51.5 Å². The number of aromatic nitrogens is 2. The number of rotatable bonds is 3. The van der Waals surface area contributed by atoms with Gasteiger partial charge in [0, 0.05) is 50.0 Å². The number of likely N-dealkylation sites (N-methyl/N-ethyl adjacent to an activating group) is 1. The maximum atomic E-state index is 13.4. The van der Waals surface area contributed by atoms with Crippen molar-refractivity contribution in [2.24, 2.45) is 0 Å². The fourth-order valence-corrected chi connectivity index (χ4v) is 4.71. The molecular formula is C27H31N5O. The van der Waals surface area contributed by atoms with E-state index in [4.69, 9.17) is 0 Å². The van der Waals surface area contributed by atoms with Gasteiger partial charge in [0.1, 0.15) is 5.65 Å². The van der Waals surface area contributed by atoms with E-state index in [-0.39, 0.29) is 5.91 Å². The molecule has 0 bridgehead atoms. The Morgan fingerprint density at radius 1 is 1.03 bits per heavy atom. The van der Waals surface area contributed by atoms with Crippen LogP contribution in [0.15, 0.2) is 72.5 Å². The highest BCUT2D eigenvalue weighted by Crippen LogP contribution is 2.27. The average Bonchev–Trinajstić information content (AvgIpc) is 3.04. The van der Waals surface area contributed by atoms with Crippen molar-refractivity contribution < 1.29 is 4.79 Å². The lowest BCUT2D eigenvalue weighted by Crippen LogP contribution is -2.32. The van der Waals surface area contributed by atoms with Gasteiger partial charge in [-0.3, -0.25) is 9.69 Å². The van der Waals surface area contributed by atoms with Crippen LogP contribution in [0.4, 0.5) is 0 Å². The first kappa shape index (κ1) is 21.5. The number of pyridine rings is 1. The van der Waals surface area contributed by atoms with E-state index in [9.17, 15) is 4.79 Å². The molecule has 6 heteroatoms. The first-order chi connectivity index (χ1) is 16.0. The second kappa shape index (κ2) is 8.87. The van der Waals surface area contributed by atoms with Crippen LogP contribution >= 0.6 is 0 Å². The Balaban J connectivity index is 1.48. The summed E-state index contributed by atoms with van der Waals surface area (Å²) in [4.78, 5) is 24.6. The number of carbonyl (C=O) groups is 1. The molecule has 3 aliphatic rings. The van der Waals surface area contributed by atoms with Crippen LogP contribution in [0, 0.1) is 6.92 Å². The fraction of sp³-hybridized carbons (Fsp3) is 0.333. The van der Waals surface area contributed by atoms with Crippen LogP contribution in [0.1, 0.15) is 30.2 Å². The predicted molar refractivity (Wildman–Crippen MR) is 132 cm³/mol. The molecule has 0 radical (unpaired) electrons. The quantitative estimate of drug-likeness (QED) is 0.724. The van der Waals surface area contributed by atoms with Crippen molar-refractivity contribution in [2.75, 3.05) is 33.2 Å². The largest absolute Gasteiger partial charge is 0.369 e. The first-order valence-electron chi connectivity index (χ1n) is 11.8. The van der Waals surface area contributed by atoms with Crippen molar-refractivity contribution in [1.82, 2.24) is 24.1 Å². The highest BCUT2D eigenvalue weighted by Gasteiger charge is 2.22. The lowest BCUT2D eigenvalue weighted by atomic mass is 10.0. The van der Waals surface area contributed by atoms with E-state index in [1.165, 1.54) is 5.56 Å². The summed E-state index contributed by atoms with van der Waals surface area (Å²) in [5, 5.41) is 0. The summed E-state index contributed by atoms with van der Waals surface area (Å²) >= 11 is 0. The zero-order valence-electron chi connectivity index (χ0n) is 19.7. The molecule has 0 aliphatic carbocycles. The summed E-state index contributed by atoms with van der Waals surface area (Å²) in [5.41, 5.74) is 7.06. The number of hydrogen-bond acceptors (Lipinski definition) is 4. The van der Waals surface area contributed by atoms with Gasteiger partial charge >= 0.3 is 0 Å². The van der Waals surface area contributed by atoms with Crippen LogP contribution in [0.25, 0.3) is 11.2 Å². The zero-order chi connectivity index (χ0) is 22.9. The maximum absolute atomic E-state index is 13.4. The number of carbonyl (C=O) groups excluding carboxylic acids is 1. The number of allylic oxidation sites excluding steroid dienone is 6. The Morgan fingerprint density at radius 2 is 1.88 bits per heavy atom. The van der Waals surface area contributed by atoms with Crippen molar-refractivity contribution in [3.8, 4) is 0 Å². The minimum absolute atomic E-state index is 0.0330. The van der Waals surface area contributed by atoms with Gasteiger partial charge in [0.15, 0.2) is 0 Å². The van der Waals surface area contributed by atoms with Gasteiger partial charge in [-0.1, -0.05) is 19.1 Å². The molecule has 0 atom stereocenters. The number of fused-ring (bicyclic) bond motifs is 2. The number of hydrogen-bond donors (Lipinski definition) is 0. The predicted octanol–water partition coefficient (Wildman–Crippen LogP) is 3.92. The summed E-state index contributed by atoms with van der Waals surface area (Å²) in [6, 6.07) is 2.16. The lowest BCUT2D eigenvalue weighted by Gasteiger charge is -2.30. The van der Waals surface area contributed by atoms with E-state index in [0.29, 0.717) is 0 Å². The highest BCUT2D eigenvalue weighted by molar-refractivity contribution is 6.00. The second-order valence-electron chi connectivity index (χ2n) is 9.01. The summed E-state index contributed by atoms with van der Waals surface area (Å²) in [7, 11) is 2.17. The van der Waals surface area contributed by atoms with E-state index in [0.717, 1.165) is 72.9 Å². The summed E-state index contributed by atoms with van der Waals surface area (Å²) in [6.45, 7) is 8.26. The van der Waals surface area contributed by atoms with Crippen molar-refractivity contribution in [1.29, 1.82) is 0 Å². The minimum atomic E-state index is -0.0330. The van der Waals surface area contributed by atoms with Gasteiger partial charge < -0.3 is 14.2 Å². The smallest absolute Gasteiger partial charge is 0.255 e. The molecule has 2 aromatic rings. The van der Waals surface area contributed by atoms with Crippen LogP contribution in [-0.4, -0.2) is 63.2 Å². The first-order valence-corrected chi connectivity index (χ1v) is 11.8. The normalized spacial score (nSPS) is 21.2. The molecule has 0 N–H and O–H groups in total. The van der Waals surface area contributed by atoms with E-state index < -0.39 is 0 Å². The summed E-state index contributed by atoms with van der Waals surface area (Å²) in [6.07, 6.45) is 20.1. The van der Waals surface area contributed by atoms with Gasteiger partial charge in [-0.25, -0.2) is 4.98 Å². The molecule has 6 nitrogen and oxygen atoms in total. The zero-order valence-corrected chi connectivity index (χ0v) is 19.7. The van der Waals surface area contributed by atoms with Gasteiger partial charge in [0.25, 0.3) is 5.91 Å². The molecule has 0 saturated carbocycles. The number of nitrogens with zero attached hydrogens (tertiary/aromatic N) is 5. The molecule has 0 aromatic carbocycles. The highest BCUT2D eigenvalue weighted by atomic mass is 16.2. The number of amides is 1. The SMILES string of the molecule is CCc1cc(C2=CC(=O)N3C=C(N4CCCN(C)CC4)C=C/C3=C\C=C2)cn2cc(C)nc12. The Labute approximate surface area is 195 Å². The molecule has 5 rings (SSSR count). The third-order valence-corrected chi connectivity index (χ3v) is 6.57. The standard InChI is InChI=1S/C27H31N5O/c1-4-21-15-23(18-31-17-20(2)28-27(21)31)22-7-5-8-24-9-10-25(19-32(24)26(33)16-22)30-12-6-11-29(3)13-14-30/h5,7-10,15-19H,4,6,11-14H2,1-3H3/b7-5?,22-16?,24-8+. The molecule has 5 heterocycles. The minimum Gasteiger partial charge on any atom is -0.369 e. The van der Waals surface area contributed by atoms with Crippen LogP contribution in [0.2, 0.25) is 0 Å². The van der Waals surface area contributed by atoms with E-state index in [1.807, 2.05) is 43.6 Å². The Bertz CT molecular complexity index is 1240. The van der Waals surface area contributed by atoms with Gasteiger partial charge in [-0.05, 0) is 74.4 Å². The topological polar surface area (TPSA) is 44.1 Å².